The van der Waals surface area contributed by atoms with Gasteiger partial charge in [-0.3, -0.25) is 0 Å². The molecule has 2 aromatic rings. The highest BCUT2D eigenvalue weighted by molar-refractivity contribution is 9.10. The number of hydrogen-bond donors (Lipinski definition) is 1. The van der Waals surface area contributed by atoms with Crippen molar-refractivity contribution in [2.24, 2.45) is 0 Å². The minimum atomic E-state index is 0.702. The van der Waals surface area contributed by atoms with Crippen molar-refractivity contribution in [3.63, 3.8) is 0 Å². The molecule has 0 aliphatic heterocycles. The van der Waals surface area contributed by atoms with Gasteiger partial charge in [-0.15, -0.1) is 11.3 Å². The molecule has 0 atom stereocenters. The maximum atomic E-state index is 4.45. The van der Waals surface area contributed by atoms with Crippen molar-refractivity contribution in [2.75, 3.05) is 0 Å². The van der Waals surface area contributed by atoms with E-state index in [1.165, 1.54) is 17.7 Å². The highest BCUT2D eigenvalue weighted by Gasteiger charge is 2.20. The highest BCUT2D eigenvalue weighted by atomic mass is 79.9. The second kappa shape index (κ2) is 4.88. The Morgan fingerprint density at radius 3 is 3.12 bits per heavy atom. The van der Waals surface area contributed by atoms with Crippen LogP contribution >= 0.6 is 27.3 Å². The second-order valence-corrected chi connectivity index (χ2v) is 6.06. The highest BCUT2D eigenvalue weighted by Crippen LogP contribution is 2.23. The molecule has 0 unspecified atom stereocenters. The summed E-state index contributed by atoms with van der Waals surface area (Å²) in [6, 6.07) is 2.76. The van der Waals surface area contributed by atoms with Gasteiger partial charge in [0.1, 0.15) is 6.33 Å². The zero-order valence-electron chi connectivity index (χ0n) is 9.27. The van der Waals surface area contributed by atoms with Gasteiger partial charge in [0, 0.05) is 15.4 Å². The molecule has 0 radical (unpaired) electrons. The molecule has 1 aliphatic rings. The van der Waals surface area contributed by atoms with E-state index in [-0.39, 0.29) is 0 Å². The van der Waals surface area contributed by atoms with Crippen LogP contribution in [-0.2, 0) is 13.1 Å². The summed E-state index contributed by atoms with van der Waals surface area (Å²) in [5.41, 5.74) is 0. The number of nitrogens with zero attached hydrogens (tertiary/aromatic N) is 3. The molecular weight excluding hydrogens is 300 g/mol. The Morgan fingerprint density at radius 1 is 1.53 bits per heavy atom. The predicted octanol–water partition coefficient (Wildman–Crippen LogP) is 2.40. The largest absolute Gasteiger partial charge is 0.307 e. The van der Waals surface area contributed by atoms with Crippen LogP contribution in [0.25, 0.3) is 0 Å². The number of halogens is 1. The summed E-state index contributed by atoms with van der Waals surface area (Å²) in [5.74, 6) is 0.879. The monoisotopic (exact) mass is 312 g/mol. The lowest BCUT2D eigenvalue weighted by Crippen LogP contribution is -2.16. The van der Waals surface area contributed by atoms with Crippen LogP contribution < -0.4 is 5.32 Å². The first-order valence-corrected chi connectivity index (χ1v) is 7.32. The molecule has 1 fully saturated rings. The normalized spacial score (nSPS) is 15.4. The van der Waals surface area contributed by atoms with Crippen molar-refractivity contribution >= 4 is 27.3 Å². The third-order valence-corrected chi connectivity index (χ3v) is 4.62. The molecule has 2 heterocycles. The lowest BCUT2D eigenvalue weighted by molar-refractivity contribution is 0.630. The molecule has 0 spiro atoms. The molecule has 4 nitrogen and oxygen atoms in total. The molecule has 1 N–H and O–H groups in total. The third-order valence-electron chi connectivity index (χ3n) is 2.71. The average Bonchev–Trinajstić information content (AvgIpc) is 2.92. The fourth-order valence-corrected chi connectivity index (χ4v) is 3.07. The minimum absolute atomic E-state index is 0.702. The van der Waals surface area contributed by atoms with E-state index in [4.69, 9.17) is 0 Å². The molecular formula is C11H13BrN4S. The van der Waals surface area contributed by atoms with Crippen LogP contribution in [0, 0.1) is 0 Å². The van der Waals surface area contributed by atoms with Crippen molar-refractivity contribution in [1.29, 1.82) is 0 Å². The summed E-state index contributed by atoms with van der Waals surface area (Å²) in [6.07, 6.45) is 4.39. The molecule has 1 aliphatic carbocycles. The number of rotatable bonds is 5. The van der Waals surface area contributed by atoms with Gasteiger partial charge in [0.05, 0.1) is 13.1 Å². The summed E-state index contributed by atoms with van der Waals surface area (Å²) in [4.78, 5) is 5.58. The van der Waals surface area contributed by atoms with Crippen LogP contribution in [0.2, 0.25) is 0 Å². The number of nitrogens with one attached hydrogen (secondary N) is 1. The Kier molecular flexibility index (Phi) is 3.26. The van der Waals surface area contributed by atoms with Crippen LogP contribution in [0.3, 0.4) is 0 Å². The van der Waals surface area contributed by atoms with E-state index in [9.17, 15) is 0 Å². The zero-order valence-corrected chi connectivity index (χ0v) is 11.7. The topological polar surface area (TPSA) is 42.7 Å². The van der Waals surface area contributed by atoms with Crippen molar-refractivity contribution in [3.8, 4) is 0 Å². The molecule has 0 bridgehead atoms. The molecule has 2 aromatic heterocycles. The van der Waals surface area contributed by atoms with Crippen LogP contribution in [0.5, 0.6) is 0 Å². The average molecular weight is 313 g/mol. The molecule has 0 amide bonds. The van der Waals surface area contributed by atoms with Crippen LogP contribution in [-0.4, -0.2) is 20.8 Å². The lowest BCUT2D eigenvalue weighted by atomic mass is 10.5. The third kappa shape index (κ3) is 2.94. The predicted molar refractivity (Wildman–Crippen MR) is 71.0 cm³/mol. The molecule has 0 aromatic carbocycles. The molecule has 1 saturated carbocycles. The quantitative estimate of drug-likeness (QED) is 0.922. The van der Waals surface area contributed by atoms with Crippen LogP contribution in [0.1, 0.15) is 23.5 Å². The van der Waals surface area contributed by atoms with Gasteiger partial charge >= 0.3 is 0 Å². The first-order valence-electron chi connectivity index (χ1n) is 5.65. The van der Waals surface area contributed by atoms with E-state index in [2.05, 4.69) is 42.8 Å². The molecule has 6 heteroatoms. The number of aromatic nitrogens is 3. The summed E-state index contributed by atoms with van der Waals surface area (Å²) in [6.45, 7) is 1.57. The first-order chi connectivity index (χ1) is 8.31. The Morgan fingerprint density at radius 2 is 2.41 bits per heavy atom. The summed E-state index contributed by atoms with van der Waals surface area (Å²) in [7, 11) is 0. The van der Waals surface area contributed by atoms with Crippen LogP contribution in [0.4, 0.5) is 0 Å². The van der Waals surface area contributed by atoms with Crippen LogP contribution in [0.15, 0.2) is 22.2 Å². The molecule has 17 heavy (non-hydrogen) atoms. The van der Waals surface area contributed by atoms with Gasteiger partial charge < -0.3 is 5.32 Å². The Labute approximate surface area is 112 Å². The standard InChI is InChI=1S/C11H13BrN4S/c12-9-3-4-17-10(9)6-16-7-14-11(15-16)5-13-8-1-2-8/h3-4,7-8,13H,1-2,5-6H2. The zero-order chi connectivity index (χ0) is 11.7. The van der Waals surface area contributed by atoms with Gasteiger partial charge in [0.2, 0.25) is 0 Å². The fraction of sp³-hybridized carbons (Fsp3) is 0.455. The summed E-state index contributed by atoms with van der Waals surface area (Å²) in [5, 5.41) is 9.94. The fourth-order valence-electron chi connectivity index (χ4n) is 1.60. The summed E-state index contributed by atoms with van der Waals surface area (Å²) >= 11 is 5.26. The number of hydrogen-bond acceptors (Lipinski definition) is 4. The van der Waals surface area contributed by atoms with Crippen molar-refractivity contribution in [1.82, 2.24) is 20.1 Å². The SMILES string of the molecule is Brc1ccsc1Cn1cnc(CNC2CC2)n1. The Balaban J connectivity index is 1.61. The van der Waals surface area contributed by atoms with E-state index in [1.54, 1.807) is 17.7 Å². The van der Waals surface area contributed by atoms with E-state index < -0.39 is 0 Å². The Bertz CT molecular complexity index is 503. The first kappa shape index (κ1) is 11.4. The van der Waals surface area contributed by atoms with Gasteiger partial charge in [-0.2, -0.15) is 5.10 Å². The van der Waals surface area contributed by atoms with E-state index in [1.807, 2.05) is 4.68 Å². The molecule has 3 rings (SSSR count). The minimum Gasteiger partial charge on any atom is -0.307 e. The summed E-state index contributed by atoms with van der Waals surface area (Å²) < 4.78 is 3.04. The maximum Gasteiger partial charge on any atom is 0.164 e. The maximum absolute atomic E-state index is 4.45. The molecule has 0 saturated heterocycles. The van der Waals surface area contributed by atoms with Gasteiger partial charge in [-0.05, 0) is 40.2 Å². The lowest BCUT2D eigenvalue weighted by Gasteiger charge is -1.99. The van der Waals surface area contributed by atoms with E-state index >= 15 is 0 Å². The second-order valence-electron chi connectivity index (χ2n) is 4.21. The Hall–Kier alpha value is -0.720. The van der Waals surface area contributed by atoms with Gasteiger partial charge in [-0.1, -0.05) is 0 Å². The van der Waals surface area contributed by atoms with Gasteiger partial charge in [0.25, 0.3) is 0 Å². The smallest absolute Gasteiger partial charge is 0.164 e. The van der Waals surface area contributed by atoms with Crippen molar-refractivity contribution in [2.45, 2.75) is 32.0 Å². The van der Waals surface area contributed by atoms with Gasteiger partial charge in [0.15, 0.2) is 5.82 Å². The van der Waals surface area contributed by atoms with Crippen molar-refractivity contribution < 1.29 is 0 Å². The van der Waals surface area contributed by atoms with Crippen molar-refractivity contribution in [3.05, 3.63) is 32.9 Å². The molecule has 90 valence electrons. The van der Waals surface area contributed by atoms with E-state index in [0.717, 1.165) is 23.4 Å². The van der Waals surface area contributed by atoms with Gasteiger partial charge in [-0.25, -0.2) is 9.67 Å². The number of thiophene rings is 1. The van der Waals surface area contributed by atoms with E-state index in [0.29, 0.717) is 6.04 Å².